The summed E-state index contributed by atoms with van der Waals surface area (Å²) in [5, 5.41) is 0. The van der Waals surface area contributed by atoms with Crippen LogP contribution >= 0.6 is 0 Å². The van der Waals surface area contributed by atoms with Crippen molar-refractivity contribution in [3.05, 3.63) is 35.4 Å². The fourth-order valence-corrected chi connectivity index (χ4v) is 2.30. The first kappa shape index (κ1) is 11.2. The maximum Gasteiger partial charge on any atom is 0.300 e. The van der Waals surface area contributed by atoms with Gasteiger partial charge < -0.3 is 0 Å². The molecule has 0 aromatic heterocycles. The summed E-state index contributed by atoms with van der Waals surface area (Å²) in [6.07, 6.45) is 1.91. The largest absolute Gasteiger partial charge is 0.300 e. The number of carbonyl (C=O) groups is 1. The van der Waals surface area contributed by atoms with E-state index in [2.05, 4.69) is 0 Å². The van der Waals surface area contributed by atoms with Gasteiger partial charge in [-0.05, 0) is 24.3 Å². The molecule has 16 heavy (non-hydrogen) atoms. The quantitative estimate of drug-likeness (QED) is 0.714. The van der Waals surface area contributed by atoms with Crippen LogP contribution in [0.25, 0.3) is 0 Å². The normalized spacial score (nSPS) is 16.9. The van der Waals surface area contributed by atoms with Gasteiger partial charge in [-0.3, -0.25) is 4.79 Å². The molecule has 0 unspecified atom stereocenters. The van der Waals surface area contributed by atoms with Gasteiger partial charge in [0.1, 0.15) is 0 Å². The monoisotopic (exact) mass is 224 g/mol. The van der Waals surface area contributed by atoms with Crippen molar-refractivity contribution >= 4 is 5.78 Å². The van der Waals surface area contributed by atoms with Crippen LogP contribution in [-0.4, -0.2) is 12.2 Å². The van der Waals surface area contributed by atoms with Crippen LogP contribution in [0.3, 0.4) is 0 Å². The molecule has 1 fully saturated rings. The number of halogens is 2. The van der Waals surface area contributed by atoms with E-state index in [4.69, 9.17) is 0 Å². The van der Waals surface area contributed by atoms with Gasteiger partial charge in [0.15, 0.2) is 0 Å². The number of Topliss-reactive ketones (excluding diaryl/α,β-unsaturated/α-hetero) is 1. The lowest BCUT2D eigenvalue weighted by Gasteiger charge is -2.09. The summed E-state index contributed by atoms with van der Waals surface area (Å²) in [5.74, 6) is -0.534. The third kappa shape index (κ3) is 2.29. The molecule has 0 radical (unpaired) electrons. The van der Waals surface area contributed by atoms with Crippen molar-refractivity contribution in [1.29, 1.82) is 0 Å². The van der Waals surface area contributed by atoms with Crippen molar-refractivity contribution in [2.45, 2.75) is 38.0 Å². The van der Waals surface area contributed by atoms with Gasteiger partial charge in [-0.15, -0.1) is 0 Å². The third-order valence-electron chi connectivity index (χ3n) is 3.22. The van der Waals surface area contributed by atoms with Crippen molar-refractivity contribution in [3.8, 4) is 0 Å². The van der Waals surface area contributed by atoms with Crippen LogP contribution < -0.4 is 0 Å². The smallest absolute Gasteiger partial charge is 0.288 e. The number of hydrogen-bond acceptors (Lipinski definition) is 1. The number of hydrogen-bond donors (Lipinski definition) is 0. The Morgan fingerprint density at radius 1 is 1.12 bits per heavy atom. The van der Waals surface area contributed by atoms with Crippen molar-refractivity contribution in [2.24, 2.45) is 0 Å². The van der Waals surface area contributed by atoms with E-state index in [1.54, 1.807) is 0 Å². The molecule has 1 nitrogen and oxygen atoms in total. The molecule has 0 aliphatic heterocycles. The van der Waals surface area contributed by atoms with Crippen LogP contribution in [0, 0.1) is 0 Å². The first-order chi connectivity index (χ1) is 7.68. The third-order valence-corrected chi connectivity index (χ3v) is 3.22. The molecule has 1 aromatic rings. The Morgan fingerprint density at radius 2 is 1.69 bits per heavy atom. The molecule has 1 aliphatic carbocycles. The number of benzene rings is 1. The van der Waals surface area contributed by atoms with E-state index >= 15 is 0 Å². The highest BCUT2D eigenvalue weighted by Crippen LogP contribution is 2.34. The zero-order valence-electron chi connectivity index (χ0n) is 8.96. The second-order valence-electron chi connectivity index (χ2n) is 4.27. The van der Waals surface area contributed by atoms with Crippen molar-refractivity contribution in [1.82, 2.24) is 0 Å². The molecule has 0 N–H and O–H groups in total. The lowest BCUT2D eigenvalue weighted by atomic mass is 9.96. The van der Waals surface area contributed by atoms with Crippen molar-refractivity contribution in [3.63, 3.8) is 0 Å². The molecule has 0 atom stereocenters. The van der Waals surface area contributed by atoms with Crippen LogP contribution in [0.5, 0.6) is 0 Å². The van der Waals surface area contributed by atoms with E-state index in [1.807, 2.05) is 12.1 Å². The van der Waals surface area contributed by atoms with Crippen LogP contribution in [0.4, 0.5) is 8.78 Å². The van der Waals surface area contributed by atoms with Gasteiger partial charge in [0, 0.05) is 5.56 Å². The predicted octanol–water partition coefficient (Wildman–Crippen LogP) is 3.79. The molecular weight excluding hydrogens is 210 g/mol. The minimum absolute atomic E-state index is 0.108. The Bertz CT molecular complexity index is 364. The molecule has 1 aliphatic rings. The first-order valence-corrected chi connectivity index (χ1v) is 5.61. The molecule has 86 valence electrons. The standard InChI is InChI=1S/C13H14F2O/c14-13(15)12(16)11-7-5-10(6-8-11)9-3-1-2-4-9/h5-9,13H,1-4H2. The van der Waals surface area contributed by atoms with E-state index in [0.717, 1.165) is 0 Å². The van der Waals surface area contributed by atoms with Gasteiger partial charge in [0.2, 0.25) is 5.78 Å². The zero-order chi connectivity index (χ0) is 11.5. The lowest BCUT2D eigenvalue weighted by molar-refractivity contribution is 0.0678. The summed E-state index contributed by atoms with van der Waals surface area (Å²) < 4.78 is 24.3. The molecule has 0 spiro atoms. The van der Waals surface area contributed by atoms with Gasteiger partial charge in [0.25, 0.3) is 0 Å². The van der Waals surface area contributed by atoms with Crippen LogP contribution in [-0.2, 0) is 0 Å². The fourth-order valence-electron chi connectivity index (χ4n) is 2.30. The summed E-state index contributed by atoms with van der Waals surface area (Å²) in [4.78, 5) is 11.0. The Hall–Kier alpha value is -1.25. The van der Waals surface area contributed by atoms with E-state index < -0.39 is 12.2 Å². The highest BCUT2D eigenvalue weighted by molar-refractivity contribution is 5.98. The Balaban J connectivity index is 2.12. The Labute approximate surface area is 93.5 Å². The molecule has 1 saturated carbocycles. The summed E-state index contributed by atoms with van der Waals surface area (Å²) in [7, 11) is 0. The number of alkyl halides is 2. The first-order valence-electron chi connectivity index (χ1n) is 5.61. The molecule has 0 heterocycles. The molecule has 0 saturated heterocycles. The van der Waals surface area contributed by atoms with Gasteiger partial charge in [0.05, 0.1) is 0 Å². The highest BCUT2D eigenvalue weighted by atomic mass is 19.3. The van der Waals surface area contributed by atoms with Crippen LogP contribution in [0.1, 0.15) is 47.5 Å². The number of rotatable bonds is 3. The molecule has 0 bridgehead atoms. The Kier molecular flexibility index (Phi) is 3.32. The summed E-state index contributed by atoms with van der Waals surface area (Å²) in [5.41, 5.74) is 1.28. The fraction of sp³-hybridized carbons (Fsp3) is 0.462. The molecule has 3 heteroatoms. The summed E-state index contributed by atoms with van der Waals surface area (Å²) in [6.45, 7) is 0. The van der Waals surface area contributed by atoms with Gasteiger partial charge in [-0.25, -0.2) is 8.78 Å². The minimum Gasteiger partial charge on any atom is -0.288 e. The van der Waals surface area contributed by atoms with Gasteiger partial charge in [-0.2, -0.15) is 0 Å². The van der Waals surface area contributed by atoms with Gasteiger partial charge >= 0.3 is 6.43 Å². The Morgan fingerprint density at radius 3 is 2.19 bits per heavy atom. The molecule has 0 amide bonds. The summed E-state index contributed by atoms with van der Waals surface area (Å²) in [6, 6.07) is 6.65. The molecule has 2 rings (SSSR count). The molecule has 1 aromatic carbocycles. The van der Waals surface area contributed by atoms with Crippen LogP contribution in [0.15, 0.2) is 24.3 Å². The van der Waals surface area contributed by atoms with E-state index in [9.17, 15) is 13.6 Å². The SMILES string of the molecule is O=C(c1ccc(C2CCCC2)cc1)C(F)F. The van der Waals surface area contributed by atoms with E-state index in [0.29, 0.717) is 5.92 Å². The maximum absolute atomic E-state index is 12.2. The lowest BCUT2D eigenvalue weighted by Crippen LogP contribution is -2.10. The average Bonchev–Trinajstić information content (AvgIpc) is 2.81. The second-order valence-corrected chi connectivity index (χ2v) is 4.27. The minimum atomic E-state index is -2.91. The van der Waals surface area contributed by atoms with Crippen molar-refractivity contribution in [2.75, 3.05) is 0 Å². The summed E-state index contributed by atoms with van der Waals surface area (Å²) >= 11 is 0. The topological polar surface area (TPSA) is 17.1 Å². The van der Waals surface area contributed by atoms with Crippen LogP contribution in [0.2, 0.25) is 0 Å². The highest BCUT2D eigenvalue weighted by Gasteiger charge is 2.20. The maximum atomic E-state index is 12.2. The number of carbonyl (C=O) groups excluding carboxylic acids is 1. The zero-order valence-corrected chi connectivity index (χ0v) is 8.96. The van der Waals surface area contributed by atoms with Gasteiger partial charge in [-0.1, -0.05) is 37.1 Å². The number of ketones is 1. The van der Waals surface area contributed by atoms with E-state index in [1.165, 1.54) is 43.4 Å². The molecular formula is C13H14F2O. The van der Waals surface area contributed by atoms with Crippen molar-refractivity contribution < 1.29 is 13.6 Å². The predicted molar refractivity (Wildman–Crippen MR) is 58.0 cm³/mol. The second kappa shape index (κ2) is 4.73. The average molecular weight is 224 g/mol. The van der Waals surface area contributed by atoms with E-state index in [-0.39, 0.29) is 5.56 Å².